The number of nitrogens with one attached hydrogen (secondary N) is 1. The van der Waals surface area contributed by atoms with Crippen molar-refractivity contribution in [1.29, 1.82) is 0 Å². The maximum atomic E-state index is 12.2. The summed E-state index contributed by atoms with van der Waals surface area (Å²) >= 11 is 0. The molecular weight excluding hydrogens is 320 g/mol. The van der Waals surface area contributed by atoms with Gasteiger partial charge in [-0.1, -0.05) is 42.4 Å². The van der Waals surface area contributed by atoms with Gasteiger partial charge in [-0.25, -0.2) is 0 Å². The molecule has 0 spiro atoms. The molecule has 134 valence electrons. The normalized spacial score (nSPS) is 13.2. The molecule has 0 saturated carbocycles. The molecule has 2 rings (SSSR count). The van der Waals surface area contributed by atoms with Crippen molar-refractivity contribution in [3.63, 3.8) is 0 Å². The Hall–Kier alpha value is -2.63. The maximum Gasteiger partial charge on any atom is 0.315 e. The van der Waals surface area contributed by atoms with E-state index in [9.17, 15) is 14.7 Å². The van der Waals surface area contributed by atoms with Gasteiger partial charge >= 0.3 is 5.97 Å². The molecule has 0 aliphatic carbocycles. The Labute approximate surface area is 147 Å². The summed E-state index contributed by atoms with van der Waals surface area (Å²) in [6, 6.07) is 9.03. The van der Waals surface area contributed by atoms with E-state index in [1.165, 1.54) is 0 Å². The van der Waals surface area contributed by atoms with Crippen LogP contribution in [-0.2, 0) is 21.4 Å². The van der Waals surface area contributed by atoms with Gasteiger partial charge in [0, 0.05) is 18.5 Å². The number of nitrogens with zero attached hydrogens (tertiary/aromatic N) is 1. The molecule has 0 radical (unpaired) electrons. The van der Waals surface area contributed by atoms with E-state index in [-0.39, 0.29) is 18.9 Å². The van der Waals surface area contributed by atoms with Crippen molar-refractivity contribution in [1.82, 2.24) is 10.5 Å². The molecule has 0 saturated heterocycles. The number of benzene rings is 1. The van der Waals surface area contributed by atoms with Crippen LogP contribution in [0.15, 0.2) is 34.9 Å². The zero-order valence-electron chi connectivity index (χ0n) is 14.8. The van der Waals surface area contributed by atoms with Crippen LogP contribution >= 0.6 is 0 Å². The highest BCUT2D eigenvalue weighted by molar-refractivity contribution is 5.83. The molecule has 2 N–H and O–H groups in total. The van der Waals surface area contributed by atoms with Gasteiger partial charge in [0.15, 0.2) is 0 Å². The fourth-order valence-electron chi connectivity index (χ4n) is 2.97. The summed E-state index contributed by atoms with van der Waals surface area (Å²) in [4.78, 5) is 24.1. The third-order valence-corrected chi connectivity index (χ3v) is 4.71. The second kappa shape index (κ2) is 7.96. The van der Waals surface area contributed by atoms with Crippen LogP contribution < -0.4 is 5.32 Å². The molecule has 1 heterocycles. The first-order chi connectivity index (χ1) is 11.9. The van der Waals surface area contributed by atoms with Crippen molar-refractivity contribution >= 4 is 11.9 Å². The summed E-state index contributed by atoms with van der Waals surface area (Å²) in [6.45, 7) is 5.53. The summed E-state index contributed by atoms with van der Waals surface area (Å²) in [6.07, 6.45) is 1.16. The Kier molecular flexibility index (Phi) is 5.96. The lowest BCUT2D eigenvalue weighted by Crippen LogP contribution is -2.46. The molecule has 1 unspecified atom stereocenters. The summed E-state index contributed by atoms with van der Waals surface area (Å²) in [5.41, 5.74) is 1.28. The molecule has 1 aromatic carbocycles. The Balaban J connectivity index is 2.03. The number of hydrogen-bond donors (Lipinski definition) is 2. The highest BCUT2D eigenvalue weighted by Gasteiger charge is 2.38. The van der Waals surface area contributed by atoms with Gasteiger partial charge in [0.25, 0.3) is 0 Å². The molecule has 0 aliphatic heterocycles. The smallest absolute Gasteiger partial charge is 0.315 e. The minimum Gasteiger partial charge on any atom is -0.481 e. The number of carboxylic acids is 1. The van der Waals surface area contributed by atoms with Crippen LogP contribution in [0.5, 0.6) is 0 Å². The van der Waals surface area contributed by atoms with Crippen LogP contribution in [0.1, 0.15) is 42.3 Å². The monoisotopic (exact) mass is 344 g/mol. The first-order valence-corrected chi connectivity index (χ1v) is 8.38. The van der Waals surface area contributed by atoms with E-state index in [1.54, 1.807) is 12.1 Å². The summed E-state index contributed by atoms with van der Waals surface area (Å²) in [5.74, 6) is -0.412. The van der Waals surface area contributed by atoms with Crippen LogP contribution in [0.4, 0.5) is 0 Å². The number of rotatable bonds is 8. The Bertz CT molecular complexity index is 720. The van der Waals surface area contributed by atoms with E-state index in [2.05, 4.69) is 10.5 Å². The number of aromatic nitrogens is 1. The molecule has 25 heavy (non-hydrogen) atoms. The fraction of sp³-hybridized carbons (Fsp3) is 0.421. The van der Waals surface area contributed by atoms with Crippen molar-refractivity contribution in [2.75, 3.05) is 6.54 Å². The number of aliphatic carboxylic acids is 1. The standard InChI is InChI=1S/C19H24N2O4/c1-4-19(18(23)24,15-8-6-5-7-9-15)12-20-17(22)11-10-16-13(2)21-25-14(16)3/h5-9H,4,10-12H2,1-3H3,(H,20,22)(H,23,24). The lowest BCUT2D eigenvalue weighted by molar-refractivity contribution is -0.144. The average molecular weight is 344 g/mol. The minimum atomic E-state index is -1.13. The number of carbonyl (C=O) groups is 2. The lowest BCUT2D eigenvalue weighted by Gasteiger charge is -2.29. The predicted molar refractivity (Wildman–Crippen MR) is 93.4 cm³/mol. The van der Waals surface area contributed by atoms with Crippen molar-refractivity contribution in [3.05, 3.63) is 52.9 Å². The number of aryl methyl sites for hydroxylation is 2. The largest absolute Gasteiger partial charge is 0.481 e. The first-order valence-electron chi connectivity index (χ1n) is 8.38. The molecule has 0 bridgehead atoms. The molecule has 2 aromatic rings. The zero-order valence-corrected chi connectivity index (χ0v) is 14.8. The van der Waals surface area contributed by atoms with E-state index in [0.29, 0.717) is 24.2 Å². The van der Waals surface area contributed by atoms with Gasteiger partial charge in [-0.15, -0.1) is 0 Å². The molecule has 6 heteroatoms. The number of hydrogen-bond acceptors (Lipinski definition) is 4. The van der Waals surface area contributed by atoms with Crippen molar-refractivity contribution in [2.24, 2.45) is 0 Å². The minimum absolute atomic E-state index is 0.0588. The van der Waals surface area contributed by atoms with Crippen LogP contribution in [0.2, 0.25) is 0 Å². The fourth-order valence-corrected chi connectivity index (χ4v) is 2.97. The van der Waals surface area contributed by atoms with E-state index in [1.807, 2.05) is 39.0 Å². The predicted octanol–water partition coefficient (Wildman–Crippen LogP) is 2.77. The third-order valence-electron chi connectivity index (χ3n) is 4.71. The van der Waals surface area contributed by atoms with E-state index >= 15 is 0 Å². The molecule has 1 atom stereocenters. The van der Waals surface area contributed by atoms with Crippen molar-refractivity contribution in [2.45, 2.75) is 45.4 Å². The molecular formula is C19H24N2O4. The van der Waals surface area contributed by atoms with Gasteiger partial charge < -0.3 is 14.9 Å². The quantitative estimate of drug-likeness (QED) is 0.768. The summed E-state index contributed by atoms with van der Waals surface area (Å²) < 4.78 is 5.09. The summed E-state index contributed by atoms with van der Waals surface area (Å²) in [5, 5.41) is 16.4. The zero-order chi connectivity index (χ0) is 18.4. The molecule has 1 aromatic heterocycles. The Morgan fingerprint density at radius 2 is 1.92 bits per heavy atom. The second-order valence-corrected chi connectivity index (χ2v) is 6.19. The van der Waals surface area contributed by atoms with Gasteiger partial charge in [0.2, 0.25) is 5.91 Å². The molecule has 1 amide bonds. The van der Waals surface area contributed by atoms with Crippen LogP contribution in [-0.4, -0.2) is 28.7 Å². The van der Waals surface area contributed by atoms with Gasteiger partial charge in [0.1, 0.15) is 11.2 Å². The number of carboxylic acid groups (broad SMARTS) is 1. The summed E-state index contributed by atoms with van der Waals surface area (Å²) in [7, 11) is 0. The molecule has 0 aliphatic rings. The van der Waals surface area contributed by atoms with Crippen molar-refractivity contribution < 1.29 is 19.2 Å². The third kappa shape index (κ3) is 4.07. The first kappa shape index (κ1) is 18.7. The van der Waals surface area contributed by atoms with Gasteiger partial charge in [-0.05, 0) is 32.3 Å². The Morgan fingerprint density at radius 3 is 2.44 bits per heavy atom. The SMILES string of the molecule is CCC(CNC(=O)CCc1c(C)noc1C)(C(=O)O)c1ccccc1. The molecule has 6 nitrogen and oxygen atoms in total. The van der Waals surface area contributed by atoms with Gasteiger partial charge in [-0.3, -0.25) is 9.59 Å². The van der Waals surface area contributed by atoms with Crippen molar-refractivity contribution in [3.8, 4) is 0 Å². The van der Waals surface area contributed by atoms with Crippen LogP contribution in [0, 0.1) is 13.8 Å². The number of amides is 1. The topological polar surface area (TPSA) is 92.4 Å². The maximum absolute atomic E-state index is 12.2. The van der Waals surface area contributed by atoms with Gasteiger partial charge in [0.05, 0.1) is 5.69 Å². The van der Waals surface area contributed by atoms with E-state index < -0.39 is 11.4 Å². The van der Waals surface area contributed by atoms with E-state index in [0.717, 1.165) is 11.3 Å². The van der Waals surface area contributed by atoms with E-state index in [4.69, 9.17) is 4.52 Å². The molecule has 0 fully saturated rings. The highest BCUT2D eigenvalue weighted by Crippen LogP contribution is 2.28. The van der Waals surface area contributed by atoms with Gasteiger partial charge in [-0.2, -0.15) is 0 Å². The lowest BCUT2D eigenvalue weighted by atomic mass is 9.78. The van der Waals surface area contributed by atoms with Crippen LogP contribution in [0.3, 0.4) is 0 Å². The second-order valence-electron chi connectivity index (χ2n) is 6.19. The number of carbonyl (C=O) groups excluding carboxylic acids is 1. The Morgan fingerprint density at radius 1 is 1.24 bits per heavy atom. The highest BCUT2D eigenvalue weighted by atomic mass is 16.5. The van der Waals surface area contributed by atoms with Crippen LogP contribution in [0.25, 0.3) is 0 Å². The average Bonchev–Trinajstić information content (AvgIpc) is 2.93.